The Morgan fingerprint density at radius 1 is 1.31 bits per heavy atom. The number of pyridine rings is 1. The molecule has 2 aromatic rings. The molecule has 0 aliphatic rings. The molecule has 13 heavy (non-hydrogen) atoms. The van der Waals surface area contributed by atoms with E-state index in [1.165, 1.54) is 6.07 Å². The number of halogens is 2. The molecular formula is C10H7BrFN. The van der Waals surface area contributed by atoms with Crippen LogP contribution in [-0.4, -0.2) is 4.98 Å². The first-order valence-electron chi connectivity index (χ1n) is 3.88. The Kier molecular flexibility index (Phi) is 2.04. The fourth-order valence-corrected chi connectivity index (χ4v) is 1.56. The van der Waals surface area contributed by atoms with Crippen LogP contribution < -0.4 is 0 Å². The van der Waals surface area contributed by atoms with Gasteiger partial charge in [0.25, 0.3) is 0 Å². The van der Waals surface area contributed by atoms with Gasteiger partial charge in [0.05, 0.1) is 9.99 Å². The van der Waals surface area contributed by atoms with E-state index in [0.29, 0.717) is 4.47 Å². The maximum Gasteiger partial charge on any atom is 0.138 e. The lowest BCUT2D eigenvalue weighted by molar-refractivity contribution is 0.623. The third-order valence-electron chi connectivity index (χ3n) is 1.86. The van der Waals surface area contributed by atoms with Gasteiger partial charge in [0.1, 0.15) is 5.82 Å². The minimum atomic E-state index is -0.250. The van der Waals surface area contributed by atoms with E-state index in [9.17, 15) is 4.39 Å². The summed E-state index contributed by atoms with van der Waals surface area (Å²) in [7, 11) is 0. The molecule has 0 bridgehead atoms. The summed E-state index contributed by atoms with van der Waals surface area (Å²) in [5.74, 6) is -0.250. The van der Waals surface area contributed by atoms with E-state index in [-0.39, 0.29) is 5.82 Å². The second-order valence-electron chi connectivity index (χ2n) is 2.97. The predicted molar refractivity (Wildman–Crippen MR) is 54.1 cm³/mol. The van der Waals surface area contributed by atoms with Gasteiger partial charge >= 0.3 is 0 Å². The zero-order chi connectivity index (χ0) is 9.42. The number of hydrogen-bond acceptors (Lipinski definition) is 1. The molecule has 3 heteroatoms. The predicted octanol–water partition coefficient (Wildman–Crippen LogP) is 3.44. The first-order valence-corrected chi connectivity index (χ1v) is 4.67. The van der Waals surface area contributed by atoms with Crippen molar-refractivity contribution < 1.29 is 4.39 Å². The maximum absolute atomic E-state index is 13.1. The number of nitrogens with zero attached hydrogens (tertiary/aromatic N) is 1. The summed E-state index contributed by atoms with van der Waals surface area (Å²) in [5, 5.41) is 0.834. The van der Waals surface area contributed by atoms with E-state index in [0.717, 1.165) is 16.5 Å². The largest absolute Gasteiger partial charge is 0.256 e. The highest BCUT2D eigenvalue weighted by Crippen LogP contribution is 2.22. The van der Waals surface area contributed by atoms with Gasteiger partial charge in [0.15, 0.2) is 0 Å². The SMILES string of the molecule is Cc1cnc2cc(Br)c(F)cc2c1. The molecule has 1 aromatic carbocycles. The summed E-state index contributed by atoms with van der Waals surface area (Å²) >= 11 is 3.12. The van der Waals surface area contributed by atoms with Crippen molar-refractivity contribution in [3.8, 4) is 0 Å². The van der Waals surface area contributed by atoms with Crippen molar-refractivity contribution >= 4 is 26.8 Å². The molecule has 2 rings (SSSR count). The van der Waals surface area contributed by atoms with Gasteiger partial charge in [-0.15, -0.1) is 0 Å². The molecule has 1 nitrogen and oxygen atoms in total. The summed E-state index contributed by atoms with van der Waals surface area (Å²) < 4.78 is 13.6. The molecule has 0 saturated heterocycles. The Labute approximate surface area is 83.7 Å². The van der Waals surface area contributed by atoms with Crippen LogP contribution in [0.3, 0.4) is 0 Å². The van der Waals surface area contributed by atoms with Crippen LogP contribution in [0.5, 0.6) is 0 Å². The number of fused-ring (bicyclic) bond motifs is 1. The monoisotopic (exact) mass is 239 g/mol. The van der Waals surface area contributed by atoms with Gasteiger partial charge in [-0.3, -0.25) is 4.98 Å². The van der Waals surface area contributed by atoms with Gasteiger partial charge in [-0.25, -0.2) is 4.39 Å². The molecule has 0 radical (unpaired) electrons. The highest BCUT2D eigenvalue weighted by atomic mass is 79.9. The minimum Gasteiger partial charge on any atom is -0.256 e. The zero-order valence-electron chi connectivity index (χ0n) is 7.01. The lowest BCUT2D eigenvalue weighted by Gasteiger charge is -2.00. The van der Waals surface area contributed by atoms with E-state index in [2.05, 4.69) is 20.9 Å². The van der Waals surface area contributed by atoms with Crippen molar-refractivity contribution in [3.05, 3.63) is 40.2 Å². The van der Waals surface area contributed by atoms with E-state index in [1.807, 2.05) is 13.0 Å². The summed E-state index contributed by atoms with van der Waals surface area (Å²) in [6.07, 6.45) is 1.77. The fourth-order valence-electron chi connectivity index (χ4n) is 1.23. The van der Waals surface area contributed by atoms with Gasteiger partial charge in [-0.05, 0) is 46.6 Å². The van der Waals surface area contributed by atoms with E-state index in [4.69, 9.17) is 0 Å². The normalized spacial score (nSPS) is 10.7. The summed E-state index contributed by atoms with van der Waals surface area (Å²) in [6, 6.07) is 5.08. The van der Waals surface area contributed by atoms with Crippen LogP contribution in [0.1, 0.15) is 5.56 Å². The Morgan fingerprint density at radius 2 is 2.08 bits per heavy atom. The van der Waals surface area contributed by atoms with Crippen molar-refractivity contribution in [2.45, 2.75) is 6.92 Å². The molecule has 0 amide bonds. The van der Waals surface area contributed by atoms with Crippen LogP contribution in [0.4, 0.5) is 4.39 Å². The topological polar surface area (TPSA) is 12.9 Å². The molecular weight excluding hydrogens is 233 g/mol. The summed E-state index contributed by atoms with van der Waals surface area (Å²) in [4.78, 5) is 4.19. The Morgan fingerprint density at radius 3 is 2.85 bits per heavy atom. The molecule has 0 N–H and O–H groups in total. The Balaban J connectivity index is 2.81. The van der Waals surface area contributed by atoms with E-state index in [1.54, 1.807) is 12.3 Å². The molecule has 0 fully saturated rings. The van der Waals surface area contributed by atoms with Crippen LogP contribution in [0.2, 0.25) is 0 Å². The Bertz CT molecular complexity index is 468. The highest BCUT2D eigenvalue weighted by molar-refractivity contribution is 9.10. The van der Waals surface area contributed by atoms with Crippen molar-refractivity contribution in [1.29, 1.82) is 0 Å². The molecule has 0 atom stereocenters. The zero-order valence-corrected chi connectivity index (χ0v) is 8.60. The second-order valence-corrected chi connectivity index (χ2v) is 3.83. The molecule has 0 aliphatic carbocycles. The van der Waals surface area contributed by atoms with Gasteiger partial charge < -0.3 is 0 Å². The number of aryl methyl sites for hydroxylation is 1. The fraction of sp³-hybridized carbons (Fsp3) is 0.100. The molecule has 0 saturated carbocycles. The average Bonchev–Trinajstić information content (AvgIpc) is 2.08. The third-order valence-corrected chi connectivity index (χ3v) is 2.47. The molecule has 1 heterocycles. The number of rotatable bonds is 0. The van der Waals surface area contributed by atoms with Crippen LogP contribution in [-0.2, 0) is 0 Å². The first kappa shape index (κ1) is 8.63. The van der Waals surface area contributed by atoms with Crippen LogP contribution >= 0.6 is 15.9 Å². The van der Waals surface area contributed by atoms with Crippen LogP contribution in [0.25, 0.3) is 10.9 Å². The molecule has 0 unspecified atom stereocenters. The van der Waals surface area contributed by atoms with Crippen LogP contribution in [0, 0.1) is 12.7 Å². The van der Waals surface area contributed by atoms with Crippen molar-refractivity contribution in [1.82, 2.24) is 4.98 Å². The second kappa shape index (κ2) is 3.07. The van der Waals surface area contributed by atoms with Gasteiger partial charge in [-0.2, -0.15) is 0 Å². The smallest absolute Gasteiger partial charge is 0.138 e. The lowest BCUT2D eigenvalue weighted by Crippen LogP contribution is -1.84. The lowest BCUT2D eigenvalue weighted by atomic mass is 10.2. The van der Waals surface area contributed by atoms with Crippen molar-refractivity contribution in [3.63, 3.8) is 0 Å². The van der Waals surface area contributed by atoms with Crippen molar-refractivity contribution in [2.24, 2.45) is 0 Å². The highest BCUT2D eigenvalue weighted by Gasteiger charge is 2.02. The summed E-state index contributed by atoms with van der Waals surface area (Å²) in [5.41, 5.74) is 1.84. The number of benzene rings is 1. The first-order chi connectivity index (χ1) is 6.16. The molecule has 1 aromatic heterocycles. The third kappa shape index (κ3) is 1.56. The van der Waals surface area contributed by atoms with E-state index >= 15 is 0 Å². The van der Waals surface area contributed by atoms with Gasteiger partial charge in [-0.1, -0.05) is 0 Å². The number of aromatic nitrogens is 1. The van der Waals surface area contributed by atoms with Gasteiger partial charge in [0, 0.05) is 11.6 Å². The molecule has 0 spiro atoms. The van der Waals surface area contributed by atoms with Gasteiger partial charge in [0.2, 0.25) is 0 Å². The quantitative estimate of drug-likeness (QED) is 0.687. The number of hydrogen-bond donors (Lipinski definition) is 0. The standard InChI is InChI=1S/C10H7BrFN/c1-6-2-7-3-9(12)8(11)4-10(7)13-5-6/h2-5H,1H3. The van der Waals surface area contributed by atoms with E-state index < -0.39 is 0 Å². The average molecular weight is 240 g/mol. The molecule has 66 valence electrons. The maximum atomic E-state index is 13.1. The minimum absolute atomic E-state index is 0.250. The Hall–Kier alpha value is -0.960. The summed E-state index contributed by atoms with van der Waals surface area (Å²) in [6.45, 7) is 1.94. The van der Waals surface area contributed by atoms with Crippen LogP contribution in [0.15, 0.2) is 28.9 Å². The van der Waals surface area contributed by atoms with Crippen molar-refractivity contribution in [2.75, 3.05) is 0 Å². The molecule has 0 aliphatic heterocycles.